The second-order valence-electron chi connectivity index (χ2n) is 8.12. The highest BCUT2D eigenvalue weighted by Crippen LogP contribution is 2.50. The predicted octanol–water partition coefficient (Wildman–Crippen LogP) is 2.48. The van der Waals surface area contributed by atoms with Crippen molar-refractivity contribution in [1.29, 1.82) is 0 Å². The molecule has 0 aromatic heterocycles. The van der Waals surface area contributed by atoms with Gasteiger partial charge in [0, 0.05) is 32.7 Å². The minimum absolute atomic E-state index is 0.206. The molecule has 3 aliphatic rings. The number of likely N-dealkylation sites (tertiary alicyclic amines) is 1. The first kappa shape index (κ1) is 17.7. The Morgan fingerprint density at radius 2 is 2.15 bits per heavy atom. The highest BCUT2D eigenvalue weighted by atomic mass is 16.5. The van der Waals surface area contributed by atoms with Crippen LogP contribution in [0.3, 0.4) is 0 Å². The van der Waals surface area contributed by atoms with Gasteiger partial charge in [-0.2, -0.15) is 0 Å². The van der Waals surface area contributed by atoms with E-state index in [2.05, 4.69) is 36.1 Å². The molecule has 4 rings (SSSR count). The maximum atomic E-state index is 13.2. The molecule has 1 aliphatic carbocycles. The minimum atomic E-state index is -0.510. The van der Waals surface area contributed by atoms with Gasteiger partial charge in [0.2, 0.25) is 0 Å². The standard InChI is InChI=1S/C21H29N3O2/c1-15-5-4-6-17(11-15)12-23-13-18-7-8-21(19(18)14-23)20(25)24(9-10-26-3)16(2)22-21/h4-6,11,18-19H,7-10,12-14H2,1-3H3/t18-,19+,21-/m0/s1. The molecular weight excluding hydrogens is 326 g/mol. The average molecular weight is 355 g/mol. The number of aliphatic imine (C=N–C) groups is 1. The molecule has 1 aromatic rings. The second kappa shape index (κ2) is 6.78. The summed E-state index contributed by atoms with van der Waals surface area (Å²) >= 11 is 0. The Hall–Kier alpha value is -1.72. The molecule has 3 atom stereocenters. The van der Waals surface area contributed by atoms with E-state index in [1.807, 2.05) is 11.8 Å². The molecule has 2 heterocycles. The van der Waals surface area contributed by atoms with Crippen LogP contribution in [-0.2, 0) is 16.1 Å². The van der Waals surface area contributed by atoms with Crippen LogP contribution in [0, 0.1) is 18.8 Å². The van der Waals surface area contributed by atoms with E-state index in [1.165, 1.54) is 11.1 Å². The number of carbonyl (C=O) groups is 1. The Morgan fingerprint density at radius 1 is 1.31 bits per heavy atom. The van der Waals surface area contributed by atoms with E-state index >= 15 is 0 Å². The van der Waals surface area contributed by atoms with Crippen molar-refractivity contribution in [1.82, 2.24) is 9.80 Å². The van der Waals surface area contributed by atoms with Crippen LogP contribution in [0.1, 0.15) is 30.9 Å². The maximum absolute atomic E-state index is 13.2. The fourth-order valence-electron chi connectivity index (χ4n) is 5.21. The van der Waals surface area contributed by atoms with Crippen LogP contribution >= 0.6 is 0 Å². The third kappa shape index (κ3) is 2.87. The normalized spacial score (nSPS) is 31.1. The number of rotatable bonds is 5. The lowest BCUT2D eigenvalue weighted by atomic mass is 9.85. The molecular formula is C21H29N3O2. The van der Waals surface area contributed by atoms with Gasteiger partial charge in [-0.25, -0.2) is 0 Å². The first-order chi connectivity index (χ1) is 12.5. The summed E-state index contributed by atoms with van der Waals surface area (Å²) in [4.78, 5) is 22.5. The molecule has 5 nitrogen and oxygen atoms in total. The second-order valence-corrected chi connectivity index (χ2v) is 8.12. The van der Waals surface area contributed by atoms with E-state index < -0.39 is 5.54 Å². The molecule has 0 unspecified atom stereocenters. The molecule has 1 saturated carbocycles. The van der Waals surface area contributed by atoms with Crippen molar-refractivity contribution in [3.8, 4) is 0 Å². The van der Waals surface area contributed by atoms with Gasteiger partial charge in [0.15, 0.2) is 0 Å². The zero-order valence-corrected chi connectivity index (χ0v) is 16.1. The molecule has 140 valence electrons. The Balaban J connectivity index is 1.49. The fraction of sp³-hybridized carbons (Fsp3) is 0.619. The third-order valence-electron chi connectivity index (χ3n) is 6.40. The zero-order chi connectivity index (χ0) is 18.3. The molecule has 0 radical (unpaired) electrons. The number of fused-ring (bicyclic) bond motifs is 2. The van der Waals surface area contributed by atoms with Crippen molar-refractivity contribution in [2.75, 3.05) is 33.4 Å². The van der Waals surface area contributed by atoms with Gasteiger partial charge in [0.1, 0.15) is 11.4 Å². The van der Waals surface area contributed by atoms with Gasteiger partial charge in [-0.3, -0.25) is 19.6 Å². The number of hydrogen-bond donors (Lipinski definition) is 0. The zero-order valence-electron chi connectivity index (χ0n) is 16.1. The van der Waals surface area contributed by atoms with E-state index in [1.54, 1.807) is 7.11 Å². The highest BCUT2D eigenvalue weighted by molar-refractivity contribution is 6.07. The largest absolute Gasteiger partial charge is 0.383 e. The van der Waals surface area contributed by atoms with Crippen molar-refractivity contribution in [2.24, 2.45) is 16.8 Å². The van der Waals surface area contributed by atoms with Crippen molar-refractivity contribution in [2.45, 2.75) is 38.8 Å². The highest BCUT2D eigenvalue weighted by Gasteiger charge is 2.60. The number of aryl methyl sites for hydroxylation is 1. The average Bonchev–Trinajstić information content (AvgIpc) is 3.22. The van der Waals surface area contributed by atoms with Gasteiger partial charge in [0.05, 0.1) is 13.2 Å². The number of hydrogen-bond acceptors (Lipinski definition) is 4. The quantitative estimate of drug-likeness (QED) is 0.815. The fourth-order valence-corrected chi connectivity index (χ4v) is 5.21. The topological polar surface area (TPSA) is 45.1 Å². The van der Waals surface area contributed by atoms with Crippen molar-refractivity contribution in [3.05, 3.63) is 35.4 Å². The van der Waals surface area contributed by atoms with E-state index in [0.717, 1.165) is 38.3 Å². The molecule has 2 fully saturated rings. The summed E-state index contributed by atoms with van der Waals surface area (Å²) in [6, 6.07) is 8.73. The van der Waals surface area contributed by atoms with Crippen molar-refractivity contribution >= 4 is 11.7 Å². The number of methoxy groups -OCH3 is 1. The Labute approximate surface area is 156 Å². The van der Waals surface area contributed by atoms with E-state index in [9.17, 15) is 4.79 Å². The smallest absolute Gasteiger partial charge is 0.256 e. The van der Waals surface area contributed by atoms with E-state index in [0.29, 0.717) is 25.0 Å². The minimum Gasteiger partial charge on any atom is -0.383 e. The number of nitrogens with zero attached hydrogens (tertiary/aromatic N) is 3. The Kier molecular flexibility index (Phi) is 4.61. The van der Waals surface area contributed by atoms with E-state index in [-0.39, 0.29) is 5.91 Å². The van der Waals surface area contributed by atoms with Crippen LogP contribution in [-0.4, -0.2) is 60.4 Å². The molecule has 0 N–H and O–H groups in total. The molecule has 1 spiro atoms. The number of benzene rings is 1. The van der Waals surface area contributed by atoms with Crippen LogP contribution in [0.2, 0.25) is 0 Å². The third-order valence-corrected chi connectivity index (χ3v) is 6.40. The Bertz CT molecular complexity index is 732. The number of ether oxygens (including phenoxy) is 1. The molecule has 1 aromatic carbocycles. The van der Waals surface area contributed by atoms with Crippen molar-refractivity contribution < 1.29 is 9.53 Å². The van der Waals surface area contributed by atoms with Crippen LogP contribution in [0.4, 0.5) is 0 Å². The summed E-state index contributed by atoms with van der Waals surface area (Å²) in [6.07, 6.45) is 2.01. The van der Waals surface area contributed by atoms with Gasteiger partial charge in [-0.1, -0.05) is 29.8 Å². The van der Waals surface area contributed by atoms with Crippen LogP contribution < -0.4 is 0 Å². The van der Waals surface area contributed by atoms with Gasteiger partial charge >= 0.3 is 0 Å². The number of carbonyl (C=O) groups excluding carboxylic acids is 1. The summed E-state index contributed by atoms with van der Waals surface area (Å²) < 4.78 is 5.17. The van der Waals surface area contributed by atoms with Crippen LogP contribution in [0.5, 0.6) is 0 Å². The van der Waals surface area contributed by atoms with Gasteiger partial charge in [-0.15, -0.1) is 0 Å². The number of amidine groups is 1. The van der Waals surface area contributed by atoms with Gasteiger partial charge < -0.3 is 4.74 Å². The molecule has 1 saturated heterocycles. The van der Waals surface area contributed by atoms with Gasteiger partial charge in [-0.05, 0) is 38.2 Å². The maximum Gasteiger partial charge on any atom is 0.256 e. The molecule has 26 heavy (non-hydrogen) atoms. The van der Waals surface area contributed by atoms with Crippen LogP contribution in [0.15, 0.2) is 29.3 Å². The Morgan fingerprint density at radius 3 is 2.92 bits per heavy atom. The lowest BCUT2D eigenvalue weighted by Crippen LogP contribution is -2.47. The number of amides is 1. The first-order valence-electron chi connectivity index (χ1n) is 9.69. The monoisotopic (exact) mass is 355 g/mol. The molecule has 5 heteroatoms. The summed E-state index contributed by atoms with van der Waals surface area (Å²) in [6.45, 7) is 8.29. The van der Waals surface area contributed by atoms with Crippen LogP contribution in [0.25, 0.3) is 0 Å². The van der Waals surface area contributed by atoms with E-state index in [4.69, 9.17) is 9.73 Å². The lowest BCUT2D eigenvalue weighted by molar-refractivity contribution is -0.132. The summed E-state index contributed by atoms with van der Waals surface area (Å²) in [5, 5.41) is 0. The first-order valence-corrected chi connectivity index (χ1v) is 9.69. The molecule has 0 bridgehead atoms. The van der Waals surface area contributed by atoms with Crippen molar-refractivity contribution in [3.63, 3.8) is 0 Å². The SMILES string of the molecule is COCCN1C(=O)[C@@]2(CC[C@H]3CN(Cc4cccc(C)c4)C[C@H]32)N=C1C. The predicted molar refractivity (Wildman–Crippen MR) is 102 cm³/mol. The summed E-state index contributed by atoms with van der Waals surface area (Å²) in [5.74, 6) is 2.01. The summed E-state index contributed by atoms with van der Waals surface area (Å²) in [5.41, 5.74) is 2.15. The summed E-state index contributed by atoms with van der Waals surface area (Å²) in [7, 11) is 1.68. The molecule has 2 aliphatic heterocycles. The lowest BCUT2D eigenvalue weighted by Gasteiger charge is -2.28. The van der Waals surface area contributed by atoms with Gasteiger partial charge in [0.25, 0.3) is 5.91 Å². The molecule has 1 amide bonds.